The van der Waals surface area contributed by atoms with Gasteiger partial charge in [-0.15, -0.1) is 0 Å². The van der Waals surface area contributed by atoms with Crippen LogP contribution in [0.25, 0.3) is 100 Å². The van der Waals surface area contributed by atoms with Gasteiger partial charge in [-0.2, -0.15) is 0 Å². The largest absolute Gasteiger partial charge is 0.311 e. The summed E-state index contributed by atoms with van der Waals surface area (Å²) in [6.45, 7) is 0. The third-order valence-corrected chi connectivity index (χ3v) is 13.9. The normalized spacial score (nSPS) is 11.0. The smallest absolute Gasteiger partial charge is 0.0462 e. The van der Waals surface area contributed by atoms with E-state index in [0.717, 1.165) is 28.2 Å². The SMILES string of the molecule is c1ccc(-c2cccc(-c3ccc(N(c4ccc(-c5cccc(-c6ccccc6)c5)cc4)c4ccc(-c5cc(-c6cccc(-c7ccccc7)c6)cc(-c6cccc(-c7ccccc7)c6)c5)cc4)cc3)c2)cc1. The summed E-state index contributed by atoms with van der Waals surface area (Å²) in [7, 11) is 0. The van der Waals surface area contributed by atoms with Crippen molar-refractivity contribution >= 4 is 17.1 Å². The molecule has 0 aliphatic rings. The number of hydrogen-bond acceptors (Lipinski definition) is 1. The number of hydrogen-bond donors (Lipinski definition) is 0. The predicted molar refractivity (Wildman–Crippen MR) is 310 cm³/mol. The molecule has 0 fully saturated rings. The topological polar surface area (TPSA) is 3.24 Å². The Bertz CT molecular complexity index is 3560. The van der Waals surface area contributed by atoms with E-state index in [2.05, 4.69) is 314 Å². The minimum absolute atomic E-state index is 1.07. The average Bonchev–Trinajstić information content (AvgIpc) is 3.49. The first-order valence-corrected chi connectivity index (χ1v) is 25.0. The van der Waals surface area contributed by atoms with Crippen LogP contribution >= 0.6 is 0 Å². The molecule has 12 rings (SSSR count). The van der Waals surface area contributed by atoms with Gasteiger partial charge in [-0.05, 0) is 179 Å². The van der Waals surface area contributed by atoms with Gasteiger partial charge in [0.05, 0.1) is 0 Å². The van der Waals surface area contributed by atoms with E-state index in [4.69, 9.17) is 0 Å². The Morgan fingerprint density at radius 3 is 0.534 bits per heavy atom. The van der Waals surface area contributed by atoms with E-state index < -0.39 is 0 Å². The summed E-state index contributed by atoms with van der Waals surface area (Å²) in [6.07, 6.45) is 0. The summed E-state index contributed by atoms with van der Waals surface area (Å²) < 4.78 is 0. The van der Waals surface area contributed by atoms with Crippen LogP contribution in [0, 0.1) is 0 Å². The van der Waals surface area contributed by atoms with Crippen molar-refractivity contribution in [1.82, 2.24) is 0 Å². The van der Waals surface area contributed by atoms with Crippen LogP contribution in [0.4, 0.5) is 17.1 Å². The van der Waals surface area contributed by atoms with Gasteiger partial charge in [-0.1, -0.05) is 231 Å². The Hall–Kier alpha value is -9.56. The maximum Gasteiger partial charge on any atom is 0.0462 e. The Kier molecular flexibility index (Phi) is 12.5. The predicted octanol–water partition coefficient (Wildman–Crippen LogP) is 20.2. The second-order valence-electron chi connectivity index (χ2n) is 18.6. The monoisotopic (exact) mass is 929 g/mol. The lowest BCUT2D eigenvalue weighted by molar-refractivity contribution is 1.28. The molecule has 0 unspecified atom stereocenters. The fourth-order valence-electron chi connectivity index (χ4n) is 10.0. The molecule has 0 heterocycles. The van der Waals surface area contributed by atoms with Crippen molar-refractivity contribution < 1.29 is 0 Å². The fraction of sp³-hybridized carbons (Fsp3) is 0. The molecule has 1 heteroatoms. The Balaban J connectivity index is 0.929. The van der Waals surface area contributed by atoms with Crippen LogP contribution in [-0.2, 0) is 0 Å². The molecule has 0 aromatic heterocycles. The summed E-state index contributed by atoms with van der Waals surface area (Å²) in [5, 5.41) is 0. The van der Waals surface area contributed by atoms with E-state index in [0.29, 0.717) is 0 Å². The first kappa shape index (κ1) is 44.6. The standard InChI is InChI=1S/C72H51N/c1-5-17-52(18-6-1)59-25-13-29-63(45-59)56-33-39-70(40-34-56)73(71-41-35-57(36-42-71)64-30-14-26-60(46-64)53-19-7-2-8-20-53)72-43-37-58(38-44-72)67-49-68(65-31-15-27-61(47-65)54-21-9-3-10-22-54)51-69(50-67)66-32-16-28-62(48-66)55-23-11-4-12-24-55/h1-51H. The Morgan fingerprint density at radius 2 is 0.288 bits per heavy atom. The molecule has 0 saturated heterocycles. The van der Waals surface area contributed by atoms with E-state index >= 15 is 0 Å². The molecule has 12 aromatic carbocycles. The quantitative estimate of drug-likeness (QED) is 0.118. The van der Waals surface area contributed by atoms with E-state index in [9.17, 15) is 0 Å². The highest BCUT2D eigenvalue weighted by molar-refractivity contribution is 5.87. The van der Waals surface area contributed by atoms with Crippen LogP contribution in [0.1, 0.15) is 0 Å². The third kappa shape index (κ3) is 9.82. The van der Waals surface area contributed by atoms with Crippen molar-refractivity contribution in [3.8, 4) is 100 Å². The Labute approximate surface area is 429 Å². The zero-order valence-electron chi connectivity index (χ0n) is 40.4. The highest BCUT2D eigenvalue weighted by atomic mass is 15.1. The van der Waals surface area contributed by atoms with E-state index in [1.54, 1.807) is 0 Å². The third-order valence-electron chi connectivity index (χ3n) is 13.9. The van der Waals surface area contributed by atoms with E-state index in [1.807, 2.05) is 0 Å². The summed E-state index contributed by atoms with van der Waals surface area (Å²) in [5.74, 6) is 0. The van der Waals surface area contributed by atoms with Crippen molar-refractivity contribution in [2.75, 3.05) is 4.90 Å². The molecule has 0 aliphatic heterocycles. The average molecular weight is 930 g/mol. The van der Waals surface area contributed by atoms with Gasteiger partial charge in [-0.25, -0.2) is 0 Å². The maximum absolute atomic E-state index is 2.37. The zero-order chi connectivity index (χ0) is 48.8. The van der Waals surface area contributed by atoms with Crippen molar-refractivity contribution in [2.24, 2.45) is 0 Å². The summed E-state index contributed by atoms with van der Waals surface area (Å²) >= 11 is 0. The second kappa shape index (κ2) is 20.4. The van der Waals surface area contributed by atoms with Gasteiger partial charge in [0.15, 0.2) is 0 Å². The molecule has 0 spiro atoms. The van der Waals surface area contributed by atoms with Crippen LogP contribution in [0.2, 0.25) is 0 Å². The molecule has 0 bridgehead atoms. The van der Waals surface area contributed by atoms with Crippen LogP contribution in [-0.4, -0.2) is 0 Å². The van der Waals surface area contributed by atoms with Gasteiger partial charge in [0.2, 0.25) is 0 Å². The lowest BCUT2D eigenvalue weighted by Crippen LogP contribution is -2.09. The molecular weight excluding hydrogens is 879 g/mol. The molecule has 0 saturated carbocycles. The number of anilines is 3. The van der Waals surface area contributed by atoms with Gasteiger partial charge in [-0.3, -0.25) is 0 Å². The van der Waals surface area contributed by atoms with Gasteiger partial charge >= 0.3 is 0 Å². The highest BCUT2D eigenvalue weighted by Crippen LogP contribution is 2.41. The molecule has 0 radical (unpaired) electrons. The van der Waals surface area contributed by atoms with Crippen LogP contribution in [0.15, 0.2) is 309 Å². The van der Waals surface area contributed by atoms with Crippen LogP contribution in [0.3, 0.4) is 0 Å². The van der Waals surface area contributed by atoms with E-state index in [1.165, 1.54) is 89.0 Å². The van der Waals surface area contributed by atoms with Crippen LogP contribution < -0.4 is 4.90 Å². The summed E-state index contributed by atoms with van der Waals surface area (Å²) in [5.41, 5.74) is 24.6. The zero-order valence-corrected chi connectivity index (χ0v) is 40.4. The number of nitrogens with zero attached hydrogens (tertiary/aromatic N) is 1. The Morgan fingerprint density at radius 1 is 0.123 bits per heavy atom. The molecule has 0 N–H and O–H groups in total. The first-order chi connectivity index (χ1) is 36.1. The van der Waals surface area contributed by atoms with Crippen LogP contribution in [0.5, 0.6) is 0 Å². The van der Waals surface area contributed by atoms with Gasteiger partial charge < -0.3 is 4.90 Å². The first-order valence-electron chi connectivity index (χ1n) is 25.0. The molecule has 0 aliphatic carbocycles. The van der Waals surface area contributed by atoms with Crippen molar-refractivity contribution in [2.45, 2.75) is 0 Å². The molecule has 73 heavy (non-hydrogen) atoms. The summed E-state index contributed by atoms with van der Waals surface area (Å²) in [6, 6.07) is 112. The second-order valence-corrected chi connectivity index (χ2v) is 18.6. The number of rotatable bonds is 12. The van der Waals surface area contributed by atoms with Gasteiger partial charge in [0.1, 0.15) is 0 Å². The lowest BCUT2D eigenvalue weighted by atomic mass is 9.91. The molecule has 12 aromatic rings. The number of benzene rings is 12. The van der Waals surface area contributed by atoms with Crippen molar-refractivity contribution in [1.29, 1.82) is 0 Å². The molecule has 1 nitrogen and oxygen atoms in total. The highest BCUT2D eigenvalue weighted by Gasteiger charge is 2.16. The molecule has 0 amide bonds. The van der Waals surface area contributed by atoms with Crippen molar-refractivity contribution in [3.63, 3.8) is 0 Å². The summed E-state index contributed by atoms with van der Waals surface area (Å²) in [4.78, 5) is 2.37. The molecule has 344 valence electrons. The molecular formula is C72H51N. The maximum atomic E-state index is 2.37. The van der Waals surface area contributed by atoms with E-state index in [-0.39, 0.29) is 0 Å². The lowest BCUT2D eigenvalue weighted by Gasteiger charge is -2.26. The van der Waals surface area contributed by atoms with Gasteiger partial charge in [0.25, 0.3) is 0 Å². The minimum atomic E-state index is 1.07. The van der Waals surface area contributed by atoms with Gasteiger partial charge in [0, 0.05) is 17.1 Å². The van der Waals surface area contributed by atoms with Crippen molar-refractivity contribution in [3.05, 3.63) is 309 Å². The fourth-order valence-corrected chi connectivity index (χ4v) is 10.0. The minimum Gasteiger partial charge on any atom is -0.311 e. The molecule has 0 atom stereocenters.